The van der Waals surface area contributed by atoms with Crippen LogP contribution in [0.25, 0.3) is 0 Å². The fraction of sp³-hybridized carbons (Fsp3) is 0.467. The Labute approximate surface area is 98.8 Å². The molecule has 1 atom stereocenters. The Hall–Kier alpha value is -1.08. The lowest BCUT2D eigenvalue weighted by atomic mass is 9.88. The molecule has 88 valence electrons. The largest absolute Gasteiger partial charge is 0.384 e. The zero-order chi connectivity index (χ0) is 12.5. The summed E-state index contributed by atoms with van der Waals surface area (Å²) in [5, 5.41) is 10.3. The fourth-order valence-electron chi connectivity index (χ4n) is 2.04. The van der Waals surface area contributed by atoms with Crippen LogP contribution in [0.5, 0.6) is 0 Å². The molecular formula is C15H22O. The molecule has 1 aromatic rings. The third-order valence-corrected chi connectivity index (χ3v) is 3.58. The van der Waals surface area contributed by atoms with Gasteiger partial charge >= 0.3 is 0 Å². The topological polar surface area (TPSA) is 20.2 Å². The van der Waals surface area contributed by atoms with Crippen LogP contribution in [0.2, 0.25) is 0 Å². The van der Waals surface area contributed by atoms with E-state index in [0.29, 0.717) is 0 Å². The van der Waals surface area contributed by atoms with Crippen molar-refractivity contribution >= 4 is 0 Å². The first-order chi connectivity index (χ1) is 7.40. The molecule has 1 unspecified atom stereocenters. The first-order valence-corrected chi connectivity index (χ1v) is 5.78. The normalized spacial score (nSPS) is 14.1. The summed E-state index contributed by atoms with van der Waals surface area (Å²) in [5.74, 6) is 0. The highest BCUT2D eigenvalue weighted by atomic mass is 16.3. The molecule has 1 rings (SSSR count). The molecule has 0 spiro atoms. The quantitative estimate of drug-likeness (QED) is 0.746. The molecule has 1 heteroatoms. The molecule has 0 aromatic heterocycles. The van der Waals surface area contributed by atoms with E-state index in [0.717, 1.165) is 11.1 Å². The van der Waals surface area contributed by atoms with Crippen molar-refractivity contribution in [3.8, 4) is 0 Å². The molecule has 0 radical (unpaired) electrons. The molecule has 0 fully saturated rings. The van der Waals surface area contributed by atoms with Crippen LogP contribution in [-0.4, -0.2) is 5.11 Å². The SMILES string of the molecule is CC=C(C)C(O)c1c(C)c(C)cc(C)c1C. The highest BCUT2D eigenvalue weighted by Crippen LogP contribution is 2.31. The highest BCUT2D eigenvalue weighted by molar-refractivity contribution is 5.47. The summed E-state index contributed by atoms with van der Waals surface area (Å²) in [6.45, 7) is 12.3. The predicted octanol–water partition coefficient (Wildman–Crippen LogP) is 3.92. The number of benzene rings is 1. The molecule has 0 bridgehead atoms. The molecule has 0 aliphatic rings. The van der Waals surface area contributed by atoms with Crippen LogP contribution in [0.3, 0.4) is 0 Å². The average molecular weight is 218 g/mol. The third kappa shape index (κ3) is 2.19. The van der Waals surface area contributed by atoms with Crippen LogP contribution in [0.4, 0.5) is 0 Å². The van der Waals surface area contributed by atoms with Crippen molar-refractivity contribution in [2.45, 2.75) is 47.6 Å². The Morgan fingerprint density at radius 3 is 1.94 bits per heavy atom. The van der Waals surface area contributed by atoms with E-state index in [-0.39, 0.29) is 0 Å². The number of rotatable bonds is 2. The molecule has 1 nitrogen and oxygen atoms in total. The van der Waals surface area contributed by atoms with Gasteiger partial charge in [-0.15, -0.1) is 0 Å². The summed E-state index contributed by atoms with van der Waals surface area (Å²) < 4.78 is 0. The van der Waals surface area contributed by atoms with E-state index in [4.69, 9.17) is 0 Å². The number of aryl methyl sites for hydroxylation is 2. The maximum Gasteiger partial charge on any atom is 0.100 e. The van der Waals surface area contributed by atoms with Gasteiger partial charge in [0.1, 0.15) is 6.10 Å². The fourth-order valence-corrected chi connectivity index (χ4v) is 2.04. The second-order valence-corrected chi connectivity index (χ2v) is 4.61. The molecule has 0 aliphatic carbocycles. The van der Waals surface area contributed by atoms with Gasteiger partial charge in [0.05, 0.1) is 0 Å². The van der Waals surface area contributed by atoms with Gasteiger partial charge in [-0.05, 0) is 74.9 Å². The van der Waals surface area contributed by atoms with Gasteiger partial charge in [0, 0.05) is 0 Å². The average Bonchev–Trinajstić information content (AvgIpc) is 2.25. The van der Waals surface area contributed by atoms with Crippen LogP contribution in [0.1, 0.15) is 47.8 Å². The Morgan fingerprint density at radius 2 is 1.56 bits per heavy atom. The standard InChI is InChI=1S/C15H22O/c1-7-9(2)15(16)14-12(5)10(3)8-11(4)13(14)6/h7-8,15-16H,1-6H3. The van der Waals surface area contributed by atoms with Gasteiger partial charge in [0.2, 0.25) is 0 Å². The van der Waals surface area contributed by atoms with Crippen molar-refractivity contribution in [1.29, 1.82) is 0 Å². The van der Waals surface area contributed by atoms with Crippen molar-refractivity contribution in [3.63, 3.8) is 0 Å². The van der Waals surface area contributed by atoms with Gasteiger partial charge in [-0.3, -0.25) is 0 Å². The molecular weight excluding hydrogens is 196 g/mol. The smallest absolute Gasteiger partial charge is 0.100 e. The molecule has 0 heterocycles. The predicted molar refractivity (Wildman–Crippen MR) is 69.8 cm³/mol. The molecule has 0 amide bonds. The molecule has 16 heavy (non-hydrogen) atoms. The molecule has 1 aromatic carbocycles. The maximum absolute atomic E-state index is 10.3. The molecule has 1 N–H and O–H groups in total. The van der Waals surface area contributed by atoms with Gasteiger partial charge in [-0.25, -0.2) is 0 Å². The van der Waals surface area contributed by atoms with Crippen LogP contribution in [-0.2, 0) is 0 Å². The number of hydrogen-bond acceptors (Lipinski definition) is 1. The Morgan fingerprint density at radius 1 is 1.12 bits per heavy atom. The monoisotopic (exact) mass is 218 g/mol. The zero-order valence-corrected chi connectivity index (χ0v) is 11.2. The van der Waals surface area contributed by atoms with Crippen molar-refractivity contribution < 1.29 is 5.11 Å². The minimum Gasteiger partial charge on any atom is -0.384 e. The summed E-state index contributed by atoms with van der Waals surface area (Å²) in [6.07, 6.45) is 1.50. The van der Waals surface area contributed by atoms with E-state index in [1.165, 1.54) is 22.3 Å². The minimum absolute atomic E-state index is 0.469. The summed E-state index contributed by atoms with van der Waals surface area (Å²) >= 11 is 0. The van der Waals surface area contributed by atoms with E-state index in [9.17, 15) is 5.11 Å². The van der Waals surface area contributed by atoms with Gasteiger partial charge in [0.15, 0.2) is 0 Å². The van der Waals surface area contributed by atoms with Crippen LogP contribution < -0.4 is 0 Å². The van der Waals surface area contributed by atoms with E-state index in [1.54, 1.807) is 0 Å². The van der Waals surface area contributed by atoms with Gasteiger partial charge in [-0.2, -0.15) is 0 Å². The van der Waals surface area contributed by atoms with Gasteiger partial charge < -0.3 is 5.11 Å². The highest BCUT2D eigenvalue weighted by Gasteiger charge is 2.17. The Balaban J connectivity index is 3.43. The lowest BCUT2D eigenvalue weighted by Gasteiger charge is -2.20. The Kier molecular flexibility index (Phi) is 3.93. The van der Waals surface area contributed by atoms with E-state index >= 15 is 0 Å². The van der Waals surface area contributed by atoms with Crippen molar-refractivity contribution in [3.05, 3.63) is 45.5 Å². The summed E-state index contributed by atoms with van der Waals surface area (Å²) in [4.78, 5) is 0. The van der Waals surface area contributed by atoms with Crippen LogP contribution in [0, 0.1) is 27.7 Å². The lowest BCUT2D eigenvalue weighted by Crippen LogP contribution is -2.07. The Bertz CT molecular complexity index is 401. The minimum atomic E-state index is -0.469. The van der Waals surface area contributed by atoms with Crippen molar-refractivity contribution in [2.24, 2.45) is 0 Å². The second-order valence-electron chi connectivity index (χ2n) is 4.61. The number of aliphatic hydroxyl groups excluding tert-OH is 1. The van der Waals surface area contributed by atoms with Crippen LogP contribution >= 0.6 is 0 Å². The molecule has 0 saturated heterocycles. The third-order valence-electron chi connectivity index (χ3n) is 3.58. The van der Waals surface area contributed by atoms with E-state index in [2.05, 4.69) is 33.8 Å². The van der Waals surface area contributed by atoms with Gasteiger partial charge in [0.25, 0.3) is 0 Å². The molecule has 0 aliphatic heterocycles. The first-order valence-electron chi connectivity index (χ1n) is 5.78. The summed E-state index contributed by atoms with van der Waals surface area (Å²) in [7, 11) is 0. The van der Waals surface area contributed by atoms with Crippen molar-refractivity contribution in [1.82, 2.24) is 0 Å². The number of hydrogen-bond donors (Lipinski definition) is 1. The first kappa shape index (κ1) is 13.0. The number of allylic oxidation sites excluding steroid dienone is 1. The van der Waals surface area contributed by atoms with E-state index < -0.39 is 6.10 Å². The summed E-state index contributed by atoms with van der Waals surface area (Å²) in [6, 6.07) is 2.19. The molecule has 0 saturated carbocycles. The number of aliphatic hydroxyl groups is 1. The second kappa shape index (κ2) is 4.84. The zero-order valence-electron chi connectivity index (χ0n) is 11.2. The van der Waals surface area contributed by atoms with Crippen LogP contribution in [0.15, 0.2) is 17.7 Å². The summed E-state index contributed by atoms with van der Waals surface area (Å²) in [5.41, 5.74) is 7.00. The van der Waals surface area contributed by atoms with Crippen molar-refractivity contribution in [2.75, 3.05) is 0 Å². The lowest BCUT2D eigenvalue weighted by molar-refractivity contribution is 0.214. The maximum atomic E-state index is 10.3. The van der Waals surface area contributed by atoms with E-state index in [1.807, 2.05) is 19.9 Å². The van der Waals surface area contributed by atoms with Gasteiger partial charge in [-0.1, -0.05) is 12.1 Å².